The van der Waals surface area contributed by atoms with Crippen molar-refractivity contribution in [2.24, 2.45) is 5.41 Å². The van der Waals surface area contributed by atoms with Crippen LogP contribution in [0.5, 0.6) is 5.75 Å². The van der Waals surface area contributed by atoms with Gasteiger partial charge in [-0.25, -0.2) is 4.79 Å². The maximum atomic E-state index is 11.6. The van der Waals surface area contributed by atoms with E-state index in [-0.39, 0.29) is 5.41 Å². The molecule has 0 unspecified atom stereocenters. The number of aromatic nitrogens is 1. The molecule has 1 aliphatic rings. The molecule has 0 spiro atoms. The van der Waals surface area contributed by atoms with Crippen molar-refractivity contribution >= 4 is 28.7 Å². The minimum Gasteiger partial charge on any atom is -0.489 e. The van der Waals surface area contributed by atoms with E-state index in [0.29, 0.717) is 18.9 Å². The van der Waals surface area contributed by atoms with Gasteiger partial charge in [-0.2, -0.15) is 0 Å². The number of pyridine rings is 1. The van der Waals surface area contributed by atoms with Gasteiger partial charge in [-0.15, -0.1) is 0 Å². The van der Waals surface area contributed by atoms with Gasteiger partial charge in [-0.3, -0.25) is 9.88 Å². The quantitative estimate of drug-likeness (QED) is 0.782. The van der Waals surface area contributed by atoms with E-state index in [0.717, 1.165) is 16.4 Å². The van der Waals surface area contributed by atoms with E-state index in [1.807, 2.05) is 6.07 Å². The molecule has 6 heteroatoms. The minimum absolute atomic E-state index is 0.197. The molecular formula is C15H21IN2O3. The number of carbonyl (C=O) groups is 1. The maximum absolute atomic E-state index is 11.6. The summed E-state index contributed by atoms with van der Waals surface area (Å²) in [4.78, 5) is 17.2. The van der Waals surface area contributed by atoms with Crippen molar-refractivity contribution in [2.75, 3.05) is 13.2 Å². The van der Waals surface area contributed by atoms with E-state index in [2.05, 4.69) is 48.3 Å². The van der Waals surface area contributed by atoms with Crippen molar-refractivity contribution in [3.8, 4) is 5.75 Å². The average Bonchev–Trinajstić information content (AvgIpc) is 2.81. The number of ether oxygens (including phenoxy) is 1. The van der Waals surface area contributed by atoms with Crippen molar-refractivity contribution in [1.29, 1.82) is 0 Å². The molecule has 1 saturated heterocycles. The lowest BCUT2D eigenvalue weighted by Gasteiger charge is -2.46. The fourth-order valence-corrected chi connectivity index (χ4v) is 3.45. The summed E-state index contributed by atoms with van der Waals surface area (Å²) in [6.07, 6.45) is 4.24. The van der Waals surface area contributed by atoms with E-state index >= 15 is 0 Å². The van der Waals surface area contributed by atoms with Crippen molar-refractivity contribution in [1.82, 2.24) is 9.88 Å². The van der Waals surface area contributed by atoms with Crippen LogP contribution in [0.25, 0.3) is 0 Å². The Hall–Kier alpha value is -1.05. The summed E-state index contributed by atoms with van der Waals surface area (Å²) in [6, 6.07) is 1.91. The summed E-state index contributed by atoms with van der Waals surface area (Å²) in [5.41, 5.74) is -0.697. The molecule has 0 aromatic carbocycles. The first-order valence-electron chi connectivity index (χ1n) is 7.00. The highest BCUT2D eigenvalue weighted by molar-refractivity contribution is 14.1. The molecule has 1 aromatic heterocycles. The van der Waals surface area contributed by atoms with Crippen molar-refractivity contribution in [2.45, 2.75) is 39.2 Å². The molecule has 1 aromatic rings. The largest absolute Gasteiger partial charge is 0.489 e. The molecule has 116 valence electrons. The van der Waals surface area contributed by atoms with Gasteiger partial charge in [0.2, 0.25) is 0 Å². The zero-order valence-electron chi connectivity index (χ0n) is 12.6. The van der Waals surface area contributed by atoms with Gasteiger partial charge in [-0.05, 0) is 46.9 Å². The molecular weight excluding hydrogens is 383 g/mol. The Morgan fingerprint density at radius 2 is 2.24 bits per heavy atom. The Labute approximate surface area is 138 Å². The first-order chi connectivity index (χ1) is 9.76. The third-order valence-electron chi connectivity index (χ3n) is 4.27. The van der Waals surface area contributed by atoms with Crippen LogP contribution in [-0.2, 0) is 0 Å². The highest BCUT2D eigenvalue weighted by atomic mass is 127. The lowest BCUT2D eigenvalue weighted by Crippen LogP contribution is -2.58. The molecule has 0 bridgehead atoms. The summed E-state index contributed by atoms with van der Waals surface area (Å²) in [5.74, 6) is 0.683. The lowest BCUT2D eigenvalue weighted by molar-refractivity contribution is -0.00377. The molecule has 0 saturated carbocycles. The zero-order valence-corrected chi connectivity index (χ0v) is 14.8. The van der Waals surface area contributed by atoms with Crippen LogP contribution in [0.3, 0.4) is 0 Å². The summed E-state index contributed by atoms with van der Waals surface area (Å²) >= 11 is 2.18. The third-order valence-corrected chi connectivity index (χ3v) is 4.86. The van der Waals surface area contributed by atoms with Crippen LogP contribution in [0, 0.1) is 8.99 Å². The number of carboxylic acid groups (broad SMARTS) is 1. The second-order valence-electron chi connectivity index (χ2n) is 6.45. The summed E-state index contributed by atoms with van der Waals surface area (Å²) < 4.78 is 6.91. The monoisotopic (exact) mass is 404 g/mol. The summed E-state index contributed by atoms with van der Waals surface area (Å²) in [5, 5.41) is 9.51. The van der Waals surface area contributed by atoms with Crippen LogP contribution in [0.4, 0.5) is 4.79 Å². The Morgan fingerprint density at radius 1 is 1.52 bits per heavy atom. The predicted molar refractivity (Wildman–Crippen MR) is 88.6 cm³/mol. The van der Waals surface area contributed by atoms with E-state index < -0.39 is 11.6 Å². The van der Waals surface area contributed by atoms with Crippen LogP contribution in [0.2, 0.25) is 0 Å². The second-order valence-corrected chi connectivity index (χ2v) is 7.69. The standard InChI is InChI=1S/C15H21IN2O3/c1-14(2,3)15(5-4-6-18(15)13(19)20)10-21-12-7-11(16)8-17-9-12/h7-9H,4-6,10H2,1-3H3,(H,19,20)/t15-/m1/s1. The number of nitrogens with zero attached hydrogens (tertiary/aromatic N) is 2. The van der Waals surface area contributed by atoms with E-state index in [4.69, 9.17) is 4.74 Å². The first-order valence-corrected chi connectivity index (χ1v) is 8.08. The molecule has 0 radical (unpaired) electrons. The predicted octanol–water partition coefficient (Wildman–Crippen LogP) is 3.62. The van der Waals surface area contributed by atoms with Crippen LogP contribution < -0.4 is 4.74 Å². The molecule has 0 aliphatic carbocycles. The second kappa shape index (κ2) is 5.98. The Kier molecular flexibility index (Phi) is 4.65. The van der Waals surface area contributed by atoms with Crippen LogP contribution in [0.15, 0.2) is 18.5 Å². The average molecular weight is 404 g/mol. The third kappa shape index (κ3) is 3.25. The number of halogens is 1. The van der Waals surface area contributed by atoms with E-state index in [1.54, 1.807) is 17.3 Å². The van der Waals surface area contributed by atoms with Gasteiger partial charge in [0.05, 0.1) is 11.7 Å². The van der Waals surface area contributed by atoms with Gasteiger partial charge in [0.1, 0.15) is 12.4 Å². The molecule has 21 heavy (non-hydrogen) atoms. The van der Waals surface area contributed by atoms with Crippen molar-refractivity contribution in [3.05, 3.63) is 22.0 Å². The SMILES string of the molecule is CC(C)(C)[C@]1(COc2cncc(I)c2)CCCN1C(=O)O. The maximum Gasteiger partial charge on any atom is 0.407 e. The van der Waals surface area contributed by atoms with Gasteiger partial charge in [-0.1, -0.05) is 20.8 Å². The van der Waals surface area contributed by atoms with Gasteiger partial charge in [0.15, 0.2) is 0 Å². The van der Waals surface area contributed by atoms with Gasteiger partial charge < -0.3 is 9.84 Å². The molecule has 5 nitrogen and oxygen atoms in total. The Morgan fingerprint density at radius 3 is 2.81 bits per heavy atom. The van der Waals surface area contributed by atoms with E-state index in [1.165, 1.54) is 0 Å². The number of hydrogen-bond donors (Lipinski definition) is 1. The smallest absolute Gasteiger partial charge is 0.407 e. The first kappa shape index (κ1) is 16.3. The molecule has 1 aliphatic heterocycles. The fourth-order valence-electron chi connectivity index (χ4n) is 2.98. The van der Waals surface area contributed by atoms with Crippen molar-refractivity contribution < 1.29 is 14.6 Å². The molecule has 2 rings (SSSR count). The molecule has 1 N–H and O–H groups in total. The molecule has 2 heterocycles. The van der Waals surface area contributed by atoms with Gasteiger partial charge in [0, 0.05) is 16.3 Å². The highest BCUT2D eigenvalue weighted by Gasteiger charge is 2.52. The highest BCUT2D eigenvalue weighted by Crippen LogP contribution is 2.44. The van der Waals surface area contributed by atoms with Crippen LogP contribution in [-0.4, -0.2) is 39.8 Å². The lowest BCUT2D eigenvalue weighted by atomic mass is 9.72. The number of hydrogen-bond acceptors (Lipinski definition) is 3. The Bertz CT molecular complexity index is 530. The molecule has 1 atom stereocenters. The Balaban J connectivity index is 2.24. The summed E-state index contributed by atoms with van der Waals surface area (Å²) in [6.45, 7) is 7.14. The van der Waals surface area contributed by atoms with Crippen LogP contribution >= 0.6 is 22.6 Å². The topological polar surface area (TPSA) is 62.7 Å². The number of amides is 1. The minimum atomic E-state index is -0.869. The van der Waals surface area contributed by atoms with E-state index in [9.17, 15) is 9.90 Å². The van der Waals surface area contributed by atoms with Crippen molar-refractivity contribution in [3.63, 3.8) is 0 Å². The molecule has 1 fully saturated rings. The zero-order chi connectivity index (χ0) is 15.7. The number of likely N-dealkylation sites (tertiary alicyclic amines) is 1. The van der Waals surface area contributed by atoms with Gasteiger partial charge in [0.25, 0.3) is 0 Å². The molecule has 1 amide bonds. The van der Waals surface area contributed by atoms with Gasteiger partial charge >= 0.3 is 6.09 Å². The number of rotatable bonds is 3. The normalized spacial score (nSPS) is 22.4. The van der Waals surface area contributed by atoms with Crippen LogP contribution in [0.1, 0.15) is 33.6 Å². The summed E-state index contributed by atoms with van der Waals surface area (Å²) in [7, 11) is 0. The fraction of sp³-hybridized carbons (Fsp3) is 0.600.